The highest BCUT2D eigenvalue weighted by Gasteiger charge is 2.18. The second kappa shape index (κ2) is 6.52. The van der Waals surface area contributed by atoms with E-state index in [0.717, 1.165) is 35.8 Å². The molecule has 2 amide bonds. The molecule has 2 aromatic rings. The maximum atomic E-state index is 12.1. The summed E-state index contributed by atoms with van der Waals surface area (Å²) in [7, 11) is 0. The maximum Gasteiger partial charge on any atom is 0.287 e. The molecule has 1 aromatic heterocycles. The van der Waals surface area contributed by atoms with Gasteiger partial charge in [-0.2, -0.15) is 0 Å². The number of carbonyl (C=O) groups excluding carboxylic acids is 2. The van der Waals surface area contributed by atoms with Gasteiger partial charge in [0.25, 0.3) is 5.91 Å². The van der Waals surface area contributed by atoms with Gasteiger partial charge in [0.1, 0.15) is 5.58 Å². The van der Waals surface area contributed by atoms with Gasteiger partial charge < -0.3 is 14.6 Å². The molecule has 2 heterocycles. The number of likely N-dealkylation sites (tertiary alicyclic amines) is 1. The summed E-state index contributed by atoms with van der Waals surface area (Å²) in [4.78, 5) is 25.8. The van der Waals surface area contributed by atoms with Crippen LogP contribution in [0, 0.1) is 0 Å². The predicted molar refractivity (Wildman–Crippen MR) is 86.7 cm³/mol. The number of carbonyl (C=O) groups is 2. The van der Waals surface area contributed by atoms with E-state index in [1.54, 1.807) is 6.07 Å². The number of fused-ring (bicyclic) bond motifs is 1. The molecule has 0 atom stereocenters. The van der Waals surface area contributed by atoms with E-state index in [-0.39, 0.29) is 17.6 Å². The zero-order valence-corrected chi connectivity index (χ0v) is 13.7. The number of rotatable bonds is 4. The van der Waals surface area contributed by atoms with Crippen LogP contribution in [0.3, 0.4) is 0 Å². The van der Waals surface area contributed by atoms with Crippen LogP contribution in [0.4, 0.5) is 0 Å². The highest BCUT2D eigenvalue weighted by atomic mass is 79.9. The van der Waals surface area contributed by atoms with Crippen molar-refractivity contribution in [3.63, 3.8) is 0 Å². The topological polar surface area (TPSA) is 62.6 Å². The molecule has 1 aliphatic rings. The maximum absolute atomic E-state index is 12.1. The van der Waals surface area contributed by atoms with Gasteiger partial charge in [-0.05, 0) is 37.1 Å². The molecule has 0 unspecified atom stereocenters. The number of nitrogens with one attached hydrogen (secondary N) is 1. The fourth-order valence-electron chi connectivity index (χ4n) is 2.62. The van der Waals surface area contributed by atoms with Crippen LogP contribution in [0.2, 0.25) is 0 Å². The summed E-state index contributed by atoms with van der Waals surface area (Å²) in [5, 5.41) is 3.61. The monoisotopic (exact) mass is 364 g/mol. The molecule has 116 valence electrons. The number of halogens is 1. The van der Waals surface area contributed by atoms with E-state index in [1.165, 1.54) is 0 Å². The van der Waals surface area contributed by atoms with Gasteiger partial charge in [0.15, 0.2) is 5.76 Å². The summed E-state index contributed by atoms with van der Waals surface area (Å²) >= 11 is 3.38. The molecule has 3 rings (SSSR count). The van der Waals surface area contributed by atoms with Crippen molar-refractivity contribution in [1.29, 1.82) is 0 Å². The molecule has 0 aliphatic carbocycles. The van der Waals surface area contributed by atoms with E-state index in [1.807, 2.05) is 23.1 Å². The van der Waals surface area contributed by atoms with Gasteiger partial charge in [0.05, 0.1) is 0 Å². The Morgan fingerprint density at radius 1 is 1.23 bits per heavy atom. The standard InChI is InChI=1S/C16H17BrN2O3/c17-12-3-4-13-11(9-12)10-14(22-13)16(21)18-6-5-15(20)19-7-1-2-8-19/h3-4,9-10H,1-2,5-8H2,(H,18,21). The lowest BCUT2D eigenvalue weighted by Gasteiger charge is -2.14. The highest BCUT2D eigenvalue weighted by Crippen LogP contribution is 2.23. The zero-order chi connectivity index (χ0) is 15.5. The minimum Gasteiger partial charge on any atom is -0.451 e. The number of furan rings is 1. The number of hydrogen-bond acceptors (Lipinski definition) is 3. The number of nitrogens with zero attached hydrogens (tertiary/aromatic N) is 1. The van der Waals surface area contributed by atoms with E-state index in [4.69, 9.17) is 4.42 Å². The summed E-state index contributed by atoms with van der Waals surface area (Å²) < 4.78 is 6.45. The Bertz CT molecular complexity index is 704. The van der Waals surface area contributed by atoms with Crippen LogP contribution >= 0.6 is 15.9 Å². The van der Waals surface area contributed by atoms with Gasteiger partial charge >= 0.3 is 0 Å². The first-order valence-corrected chi connectivity index (χ1v) is 8.18. The number of amides is 2. The van der Waals surface area contributed by atoms with E-state index < -0.39 is 0 Å². The fraction of sp³-hybridized carbons (Fsp3) is 0.375. The molecule has 6 heteroatoms. The quantitative estimate of drug-likeness (QED) is 0.906. The molecule has 0 bridgehead atoms. The molecule has 1 fully saturated rings. The molecule has 1 aliphatic heterocycles. The summed E-state index contributed by atoms with van der Waals surface area (Å²) in [6, 6.07) is 7.28. The SMILES string of the molecule is O=C(NCCC(=O)N1CCCC1)c1cc2cc(Br)ccc2o1. The Kier molecular flexibility index (Phi) is 4.47. The second-order valence-electron chi connectivity index (χ2n) is 5.39. The van der Waals surface area contributed by atoms with E-state index in [0.29, 0.717) is 18.5 Å². The van der Waals surface area contributed by atoms with E-state index >= 15 is 0 Å². The van der Waals surface area contributed by atoms with Crippen LogP contribution in [-0.2, 0) is 4.79 Å². The minimum absolute atomic E-state index is 0.103. The van der Waals surface area contributed by atoms with Gasteiger partial charge in [-0.3, -0.25) is 9.59 Å². The van der Waals surface area contributed by atoms with Crippen molar-refractivity contribution in [2.75, 3.05) is 19.6 Å². The molecule has 5 nitrogen and oxygen atoms in total. The first-order chi connectivity index (χ1) is 10.6. The van der Waals surface area contributed by atoms with Crippen molar-refractivity contribution >= 4 is 38.7 Å². The van der Waals surface area contributed by atoms with Crippen molar-refractivity contribution in [2.24, 2.45) is 0 Å². The normalized spacial score (nSPS) is 14.5. The Labute approximate surface area is 136 Å². The average molecular weight is 365 g/mol. The van der Waals surface area contributed by atoms with Crippen molar-refractivity contribution in [1.82, 2.24) is 10.2 Å². The summed E-state index contributed by atoms with van der Waals surface area (Å²) in [5.74, 6) is 0.0783. The van der Waals surface area contributed by atoms with Gasteiger partial charge in [0.2, 0.25) is 5.91 Å². The van der Waals surface area contributed by atoms with Crippen molar-refractivity contribution < 1.29 is 14.0 Å². The largest absolute Gasteiger partial charge is 0.451 e. The lowest BCUT2D eigenvalue weighted by atomic mass is 10.2. The first-order valence-electron chi connectivity index (χ1n) is 7.38. The number of hydrogen-bond donors (Lipinski definition) is 1. The summed E-state index contributed by atoms with van der Waals surface area (Å²) in [6.07, 6.45) is 2.48. The summed E-state index contributed by atoms with van der Waals surface area (Å²) in [5.41, 5.74) is 0.668. The first kappa shape index (κ1) is 15.1. The molecule has 1 aromatic carbocycles. The predicted octanol–water partition coefficient (Wildman–Crippen LogP) is 2.94. The third-order valence-corrected chi connectivity index (χ3v) is 4.28. The Hall–Kier alpha value is -1.82. The molecular weight excluding hydrogens is 348 g/mol. The Morgan fingerprint density at radius 3 is 2.77 bits per heavy atom. The smallest absolute Gasteiger partial charge is 0.287 e. The molecule has 0 saturated carbocycles. The van der Waals surface area contributed by atoms with Crippen molar-refractivity contribution in [2.45, 2.75) is 19.3 Å². The molecule has 1 saturated heterocycles. The lowest BCUT2D eigenvalue weighted by Crippen LogP contribution is -2.32. The second-order valence-corrected chi connectivity index (χ2v) is 6.30. The highest BCUT2D eigenvalue weighted by molar-refractivity contribution is 9.10. The van der Waals surface area contributed by atoms with Crippen molar-refractivity contribution in [3.05, 3.63) is 34.5 Å². The fourth-order valence-corrected chi connectivity index (χ4v) is 3.00. The molecule has 1 N–H and O–H groups in total. The molecular formula is C16H17BrN2O3. The average Bonchev–Trinajstić information content (AvgIpc) is 3.15. The van der Waals surface area contributed by atoms with Crippen molar-refractivity contribution in [3.8, 4) is 0 Å². The third kappa shape index (κ3) is 3.32. The van der Waals surface area contributed by atoms with Crippen LogP contribution in [0.25, 0.3) is 11.0 Å². The molecule has 22 heavy (non-hydrogen) atoms. The van der Waals surface area contributed by atoms with Gasteiger partial charge in [0, 0.05) is 35.9 Å². The van der Waals surface area contributed by atoms with Gasteiger partial charge in [-0.25, -0.2) is 0 Å². The van der Waals surface area contributed by atoms with Crippen LogP contribution < -0.4 is 5.32 Å². The Balaban J connectivity index is 1.55. The van der Waals surface area contributed by atoms with E-state index in [2.05, 4.69) is 21.2 Å². The van der Waals surface area contributed by atoms with Crippen LogP contribution in [0.15, 0.2) is 33.2 Å². The van der Waals surface area contributed by atoms with Crippen LogP contribution in [0.1, 0.15) is 29.8 Å². The van der Waals surface area contributed by atoms with Crippen LogP contribution in [-0.4, -0.2) is 36.3 Å². The lowest BCUT2D eigenvalue weighted by molar-refractivity contribution is -0.129. The summed E-state index contributed by atoms with van der Waals surface area (Å²) in [6.45, 7) is 2.01. The van der Waals surface area contributed by atoms with Gasteiger partial charge in [-0.1, -0.05) is 15.9 Å². The number of benzene rings is 1. The third-order valence-electron chi connectivity index (χ3n) is 3.79. The Morgan fingerprint density at radius 2 is 2.00 bits per heavy atom. The minimum atomic E-state index is -0.290. The van der Waals surface area contributed by atoms with E-state index in [9.17, 15) is 9.59 Å². The van der Waals surface area contributed by atoms with Crippen LogP contribution in [0.5, 0.6) is 0 Å². The molecule has 0 spiro atoms. The molecule has 0 radical (unpaired) electrons. The van der Waals surface area contributed by atoms with Gasteiger partial charge in [-0.15, -0.1) is 0 Å². The zero-order valence-electron chi connectivity index (χ0n) is 12.1.